The third-order valence-corrected chi connectivity index (χ3v) is 3.34. The van der Waals surface area contributed by atoms with E-state index in [0.29, 0.717) is 12.6 Å². The Morgan fingerprint density at radius 2 is 1.91 bits per heavy atom. The lowest BCUT2D eigenvalue weighted by Gasteiger charge is -2.20. The normalized spacial score (nSPS) is 13.2. The number of rotatable bonds is 6. The molecule has 2 N–H and O–H groups in total. The van der Waals surface area contributed by atoms with Gasteiger partial charge in [-0.1, -0.05) is 31.2 Å². The Labute approximate surface area is 158 Å². The van der Waals surface area contributed by atoms with E-state index in [4.69, 9.17) is 4.74 Å². The Bertz CT molecular complexity index is 483. The molecule has 0 spiro atoms. The van der Waals surface area contributed by atoms with Crippen LogP contribution in [0.15, 0.2) is 29.3 Å². The molecular weight excluding hydrogens is 401 g/mol. The first-order valence-corrected chi connectivity index (χ1v) is 8.03. The van der Waals surface area contributed by atoms with Gasteiger partial charge in [0, 0.05) is 19.6 Å². The molecule has 23 heavy (non-hydrogen) atoms. The number of guanidine groups is 1. The van der Waals surface area contributed by atoms with Gasteiger partial charge in [-0.3, -0.25) is 4.99 Å². The van der Waals surface area contributed by atoms with Crippen LogP contribution in [0.3, 0.4) is 0 Å². The minimum absolute atomic E-state index is 0. The summed E-state index contributed by atoms with van der Waals surface area (Å²) in [6, 6.07) is 8.88. The first-order valence-electron chi connectivity index (χ1n) is 8.03. The van der Waals surface area contributed by atoms with Crippen LogP contribution in [0.1, 0.15) is 52.2 Å². The van der Waals surface area contributed by atoms with Gasteiger partial charge in [-0.25, -0.2) is 0 Å². The Kier molecular flexibility index (Phi) is 10.5. The Morgan fingerprint density at radius 3 is 2.48 bits per heavy atom. The van der Waals surface area contributed by atoms with Gasteiger partial charge in [0.1, 0.15) is 0 Å². The summed E-state index contributed by atoms with van der Waals surface area (Å²) in [4.78, 5) is 4.25. The van der Waals surface area contributed by atoms with E-state index in [9.17, 15) is 0 Å². The first kappa shape index (κ1) is 22.2. The second kappa shape index (κ2) is 10.9. The number of aliphatic imine (C=N–C) groups is 1. The third-order valence-electron chi connectivity index (χ3n) is 3.34. The van der Waals surface area contributed by atoms with Crippen molar-refractivity contribution in [2.75, 3.05) is 7.05 Å². The van der Waals surface area contributed by atoms with E-state index in [1.807, 2.05) is 0 Å². The zero-order valence-corrected chi connectivity index (χ0v) is 17.6. The minimum atomic E-state index is -0.115. The molecule has 1 rings (SSSR count). The number of hydrogen-bond acceptors (Lipinski definition) is 2. The van der Waals surface area contributed by atoms with Crippen molar-refractivity contribution in [1.29, 1.82) is 0 Å². The summed E-state index contributed by atoms with van der Waals surface area (Å²) in [7, 11) is 1.80. The van der Waals surface area contributed by atoms with Crippen molar-refractivity contribution in [3.05, 3.63) is 35.4 Å². The first-order chi connectivity index (χ1) is 10.3. The molecule has 0 heterocycles. The average molecular weight is 433 g/mol. The molecule has 0 saturated carbocycles. The molecule has 0 aliphatic rings. The molecule has 0 amide bonds. The molecule has 1 aromatic rings. The summed E-state index contributed by atoms with van der Waals surface area (Å²) in [6.07, 6.45) is 1.07. The van der Waals surface area contributed by atoms with Crippen molar-refractivity contribution in [3.8, 4) is 0 Å². The van der Waals surface area contributed by atoms with Crippen LogP contribution in [0.2, 0.25) is 0 Å². The van der Waals surface area contributed by atoms with Crippen LogP contribution in [0.4, 0.5) is 0 Å². The zero-order valence-electron chi connectivity index (χ0n) is 15.3. The van der Waals surface area contributed by atoms with Gasteiger partial charge in [0.25, 0.3) is 0 Å². The van der Waals surface area contributed by atoms with E-state index in [1.165, 1.54) is 11.1 Å². The molecule has 132 valence electrons. The SMILES string of the molecule is CCC(C)NC(=NC)NCc1cccc(COC(C)(C)C)c1.I. The summed E-state index contributed by atoms with van der Waals surface area (Å²) >= 11 is 0. The highest BCUT2D eigenvalue weighted by atomic mass is 127. The molecule has 1 unspecified atom stereocenters. The predicted molar refractivity (Wildman–Crippen MR) is 109 cm³/mol. The quantitative estimate of drug-likeness (QED) is 0.404. The Morgan fingerprint density at radius 1 is 1.26 bits per heavy atom. The molecule has 1 aromatic carbocycles. The maximum atomic E-state index is 5.83. The Balaban J connectivity index is 0.00000484. The predicted octanol–water partition coefficient (Wildman–Crippen LogP) is 4.08. The highest BCUT2D eigenvalue weighted by Crippen LogP contribution is 2.13. The van der Waals surface area contributed by atoms with Crippen LogP contribution in [0.25, 0.3) is 0 Å². The number of halogens is 1. The molecule has 1 atom stereocenters. The van der Waals surface area contributed by atoms with E-state index in [-0.39, 0.29) is 29.6 Å². The molecule has 4 nitrogen and oxygen atoms in total. The van der Waals surface area contributed by atoms with Crippen molar-refractivity contribution < 1.29 is 4.74 Å². The van der Waals surface area contributed by atoms with Crippen LogP contribution in [-0.2, 0) is 17.9 Å². The molecule has 0 radical (unpaired) electrons. The topological polar surface area (TPSA) is 45.7 Å². The van der Waals surface area contributed by atoms with Gasteiger partial charge in [-0.2, -0.15) is 0 Å². The number of nitrogens with one attached hydrogen (secondary N) is 2. The fourth-order valence-electron chi connectivity index (χ4n) is 1.85. The third kappa shape index (κ3) is 9.81. The largest absolute Gasteiger partial charge is 0.371 e. The molecule has 0 bridgehead atoms. The second-order valence-electron chi connectivity index (χ2n) is 6.60. The number of ether oxygens (including phenoxy) is 1. The smallest absolute Gasteiger partial charge is 0.191 e. The molecule has 0 aromatic heterocycles. The van der Waals surface area contributed by atoms with Gasteiger partial charge in [-0.15, -0.1) is 24.0 Å². The van der Waals surface area contributed by atoms with Gasteiger partial charge in [0.15, 0.2) is 5.96 Å². The van der Waals surface area contributed by atoms with Crippen molar-refractivity contribution >= 4 is 29.9 Å². The van der Waals surface area contributed by atoms with Crippen molar-refractivity contribution in [1.82, 2.24) is 10.6 Å². The zero-order chi connectivity index (χ0) is 16.6. The van der Waals surface area contributed by atoms with E-state index >= 15 is 0 Å². The van der Waals surface area contributed by atoms with Crippen LogP contribution in [-0.4, -0.2) is 24.7 Å². The minimum Gasteiger partial charge on any atom is -0.371 e. The monoisotopic (exact) mass is 433 g/mol. The van der Waals surface area contributed by atoms with E-state index in [1.54, 1.807) is 7.05 Å². The molecule has 5 heteroatoms. The van der Waals surface area contributed by atoms with E-state index in [0.717, 1.165) is 18.9 Å². The Hall–Kier alpha value is -0.820. The second-order valence-corrected chi connectivity index (χ2v) is 6.60. The fourth-order valence-corrected chi connectivity index (χ4v) is 1.85. The van der Waals surface area contributed by atoms with Crippen LogP contribution < -0.4 is 10.6 Å². The number of nitrogens with zero attached hydrogens (tertiary/aromatic N) is 1. The van der Waals surface area contributed by atoms with Gasteiger partial charge in [0.05, 0.1) is 12.2 Å². The lowest BCUT2D eigenvalue weighted by molar-refractivity contribution is -0.0149. The summed E-state index contributed by atoms with van der Waals surface area (Å²) < 4.78 is 5.83. The van der Waals surface area contributed by atoms with Crippen LogP contribution in [0.5, 0.6) is 0 Å². The summed E-state index contributed by atoms with van der Waals surface area (Å²) in [5, 5.41) is 6.71. The molecule has 0 fully saturated rings. The summed E-state index contributed by atoms with van der Waals surface area (Å²) in [5.41, 5.74) is 2.30. The van der Waals surface area contributed by atoms with Crippen LogP contribution >= 0.6 is 24.0 Å². The van der Waals surface area contributed by atoms with E-state index in [2.05, 4.69) is 74.5 Å². The van der Waals surface area contributed by atoms with Crippen molar-refractivity contribution in [3.63, 3.8) is 0 Å². The van der Waals surface area contributed by atoms with E-state index < -0.39 is 0 Å². The molecular formula is C18H32IN3O. The average Bonchev–Trinajstić information content (AvgIpc) is 2.48. The number of hydrogen-bond donors (Lipinski definition) is 2. The fraction of sp³-hybridized carbons (Fsp3) is 0.611. The highest BCUT2D eigenvalue weighted by Gasteiger charge is 2.10. The van der Waals surface area contributed by atoms with Crippen LogP contribution in [0, 0.1) is 0 Å². The number of benzene rings is 1. The highest BCUT2D eigenvalue weighted by molar-refractivity contribution is 14.0. The van der Waals surface area contributed by atoms with Crippen molar-refractivity contribution in [2.45, 2.75) is 65.8 Å². The van der Waals surface area contributed by atoms with Gasteiger partial charge >= 0.3 is 0 Å². The summed E-state index contributed by atoms with van der Waals surface area (Å²) in [5.74, 6) is 0.839. The summed E-state index contributed by atoms with van der Waals surface area (Å²) in [6.45, 7) is 11.9. The lowest BCUT2D eigenvalue weighted by atomic mass is 10.1. The van der Waals surface area contributed by atoms with Gasteiger partial charge in [0.2, 0.25) is 0 Å². The molecule has 0 saturated heterocycles. The molecule has 0 aliphatic heterocycles. The maximum Gasteiger partial charge on any atom is 0.191 e. The van der Waals surface area contributed by atoms with Crippen molar-refractivity contribution in [2.24, 2.45) is 4.99 Å². The molecule has 0 aliphatic carbocycles. The maximum absolute atomic E-state index is 5.83. The van der Waals surface area contributed by atoms with Gasteiger partial charge in [-0.05, 0) is 45.2 Å². The van der Waals surface area contributed by atoms with Gasteiger partial charge < -0.3 is 15.4 Å². The standard InChI is InChI=1S/C18H31N3O.HI/c1-7-14(2)21-17(19-6)20-12-15-9-8-10-16(11-15)13-22-18(3,4)5;/h8-11,14H,7,12-13H2,1-6H3,(H2,19,20,21);1H. The lowest BCUT2D eigenvalue weighted by Crippen LogP contribution is -2.41.